The number of pyridine rings is 1. The van der Waals surface area contributed by atoms with Crippen molar-refractivity contribution in [2.45, 2.75) is 26.6 Å². The Morgan fingerprint density at radius 1 is 1.06 bits per heavy atom. The number of benzene rings is 1. The molecule has 0 saturated carbocycles. The molecule has 0 aliphatic carbocycles. The van der Waals surface area contributed by atoms with Gasteiger partial charge in [-0.05, 0) is 32.0 Å². The predicted octanol–water partition coefficient (Wildman–Crippen LogP) is 3.62. The lowest BCUT2D eigenvalue weighted by molar-refractivity contribution is -0.0488. The molecule has 18 heavy (non-hydrogen) atoms. The highest BCUT2D eigenvalue weighted by Crippen LogP contribution is 2.31. The first kappa shape index (κ1) is 12.5. The second-order valence-electron chi connectivity index (χ2n) is 4.01. The Kier molecular flexibility index (Phi) is 3.60. The van der Waals surface area contributed by atoms with Crippen LogP contribution in [0.3, 0.4) is 0 Å². The predicted molar refractivity (Wildman–Crippen MR) is 64.1 cm³/mol. The topological polar surface area (TPSA) is 31.4 Å². The van der Waals surface area contributed by atoms with Gasteiger partial charge in [0.25, 0.3) is 0 Å². The van der Waals surface area contributed by atoms with Gasteiger partial charge in [0.1, 0.15) is 5.75 Å². The standard InChI is InChI=1S/C13H13F2NO2/c1-8(2)17-12-10-4-3-5-11(18-13(14)15)9(10)6-7-16-12/h3-8,13H,1-2H3. The van der Waals surface area contributed by atoms with Crippen LogP contribution in [0.15, 0.2) is 30.5 Å². The zero-order valence-electron chi connectivity index (χ0n) is 10.1. The Balaban J connectivity index is 2.50. The van der Waals surface area contributed by atoms with E-state index in [-0.39, 0.29) is 11.9 Å². The monoisotopic (exact) mass is 253 g/mol. The van der Waals surface area contributed by atoms with E-state index in [1.165, 1.54) is 12.3 Å². The number of fused-ring (bicyclic) bond motifs is 1. The van der Waals surface area contributed by atoms with E-state index in [4.69, 9.17) is 4.74 Å². The van der Waals surface area contributed by atoms with Crippen LogP contribution in [0, 0.1) is 0 Å². The lowest BCUT2D eigenvalue weighted by Gasteiger charge is -2.13. The van der Waals surface area contributed by atoms with Crippen LogP contribution in [0.1, 0.15) is 13.8 Å². The summed E-state index contributed by atoms with van der Waals surface area (Å²) in [6, 6.07) is 6.52. The fourth-order valence-electron chi connectivity index (χ4n) is 1.67. The number of nitrogens with zero attached hydrogens (tertiary/aromatic N) is 1. The summed E-state index contributed by atoms with van der Waals surface area (Å²) >= 11 is 0. The highest BCUT2D eigenvalue weighted by atomic mass is 19.3. The van der Waals surface area contributed by atoms with Gasteiger partial charge in [-0.2, -0.15) is 8.78 Å². The van der Waals surface area contributed by atoms with E-state index in [9.17, 15) is 8.78 Å². The van der Waals surface area contributed by atoms with Gasteiger partial charge in [0.2, 0.25) is 5.88 Å². The highest BCUT2D eigenvalue weighted by molar-refractivity contribution is 5.91. The van der Waals surface area contributed by atoms with Gasteiger partial charge in [-0.15, -0.1) is 0 Å². The summed E-state index contributed by atoms with van der Waals surface area (Å²) in [4.78, 5) is 4.10. The van der Waals surface area contributed by atoms with Crippen LogP contribution in [-0.4, -0.2) is 17.7 Å². The Hall–Kier alpha value is -1.91. The highest BCUT2D eigenvalue weighted by Gasteiger charge is 2.12. The summed E-state index contributed by atoms with van der Waals surface area (Å²) < 4.78 is 34.6. The fourth-order valence-corrected chi connectivity index (χ4v) is 1.67. The summed E-state index contributed by atoms with van der Waals surface area (Å²) in [6.45, 7) is 0.901. The van der Waals surface area contributed by atoms with Gasteiger partial charge >= 0.3 is 6.61 Å². The first-order valence-electron chi connectivity index (χ1n) is 5.57. The van der Waals surface area contributed by atoms with E-state index in [1.807, 2.05) is 13.8 Å². The van der Waals surface area contributed by atoms with Crippen molar-refractivity contribution >= 4 is 10.8 Å². The second kappa shape index (κ2) is 5.16. The number of alkyl halides is 2. The minimum atomic E-state index is -2.85. The van der Waals surface area contributed by atoms with Gasteiger partial charge in [-0.1, -0.05) is 6.07 Å². The number of rotatable bonds is 4. The molecule has 5 heteroatoms. The Bertz CT molecular complexity index is 494. The molecule has 0 aliphatic heterocycles. The Morgan fingerprint density at radius 3 is 2.50 bits per heavy atom. The van der Waals surface area contributed by atoms with Gasteiger partial charge in [-0.3, -0.25) is 0 Å². The summed E-state index contributed by atoms with van der Waals surface area (Å²) in [5.41, 5.74) is 0. The Labute approximate surface area is 103 Å². The molecule has 1 aromatic heterocycles. The molecular formula is C13H13F2NO2. The van der Waals surface area contributed by atoms with E-state index in [1.54, 1.807) is 18.2 Å². The number of hydrogen-bond donors (Lipinski definition) is 0. The molecule has 0 bridgehead atoms. The van der Waals surface area contributed by atoms with E-state index in [0.29, 0.717) is 16.7 Å². The molecule has 0 spiro atoms. The molecule has 0 aliphatic rings. The first-order chi connectivity index (χ1) is 8.58. The lowest BCUT2D eigenvalue weighted by atomic mass is 10.1. The van der Waals surface area contributed by atoms with Crippen molar-refractivity contribution in [3.63, 3.8) is 0 Å². The molecule has 1 aromatic carbocycles. The molecule has 3 nitrogen and oxygen atoms in total. The van der Waals surface area contributed by atoms with Crippen molar-refractivity contribution in [1.29, 1.82) is 0 Å². The average Bonchev–Trinajstić information content (AvgIpc) is 2.29. The van der Waals surface area contributed by atoms with E-state index in [0.717, 1.165) is 0 Å². The molecule has 2 rings (SSSR count). The minimum absolute atomic E-state index is 0.0391. The van der Waals surface area contributed by atoms with Gasteiger partial charge < -0.3 is 9.47 Å². The maximum Gasteiger partial charge on any atom is 0.387 e. The summed E-state index contributed by atoms with van der Waals surface area (Å²) in [5.74, 6) is 0.542. The zero-order chi connectivity index (χ0) is 13.1. The molecule has 0 atom stereocenters. The molecule has 0 saturated heterocycles. The molecule has 0 fully saturated rings. The van der Waals surface area contributed by atoms with Gasteiger partial charge in [0.05, 0.1) is 6.10 Å². The van der Waals surface area contributed by atoms with Crippen molar-refractivity contribution in [2.24, 2.45) is 0 Å². The maximum atomic E-state index is 12.3. The number of ether oxygens (including phenoxy) is 2. The Morgan fingerprint density at radius 2 is 1.83 bits per heavy atom. The molecule has 0 N–H and O–H groups in total. The van der Waals surface area contributed by atoms with Crippen molar-refractivity contribution in [3.05, 3.63) is 30.5 Å². The van der Waals surface area contributed by atoms with Crippen LogP contribution in [0.25, 0.3) is 10.8 Å². The van der Waals surface area contributed by atoms with Crippen molar-refractivity contribution < 1.29 is 18.3 Å². The third-order valence-corrected chi connectivity index (χ3v) is 2.29. The van der Waals surface area contributed by atoms with Crippen LogP contribution < -0.4 is 9.47 Å². The van der Waals surface area contributed by atoms with Crippen LogP contribution >= 0.6 is 0 Å². The van der Waals surface area contributed by atoms with Crippen molar-refractivity contribution in [1.82, 2.24) is 4.98 Å². The molecule has 2 aromatic rings. The number of hydrogen-bond acceptors (Lipinski definition) is 3. The fraction of sp³-hybridized carbons (Fsp3) is 0.308. The SMILES string of the molecule is CC(C)Oc1nccc2c(OC(F)F)cccc12. The molecule has 0 unspecified atom stereocenters. The third-order valence-electron chi connectivity index (χ3n) is 2.29. The summed E-state index contributed by atoms with van der Waals surface area (Å²) in [5, 5.41) is 1.22. The summed E-state index contributed by atoms with van der Waals surface area (Å²) in [7, 11) is 0. The second-order valence-corrected chi connectivity index (χ2v) is 4.01. The molecular weight excluding hydrogens is 240 g/mol. The number of halogens is 2. The van der Waals surface area contributed by atoms with Gasteiger partial charge in [0.15, 0.2) is 0 Å². The van der Waals surface area contributed by atoms with Gasteiger partial charge in [0, 0.05) is 17.0 Å². The molecule has 0 amide bonds. The van der Waals surface area contributed by atoms with Crippen LogP contribution in [0.5, 0.6) is 11.6 Å². The number of aromatic nitrogens is 1. The van der Waals surface area contributed by atoms with Crippen LogP contribution in [-0.2, 0) is 0 Å². The largest absolute Gasteiger partial charge is 0.475 e. The molecule has 0 radical (unpaired) electrons. The lowest BCUT2D eigenvalue weighted by Crippen LogP contribution is -2.07. The maximum absolute atomic E-state index is 12.3. The van der Waals surface area contributed by atoms with E-state index < -0.39 is 6.61 Å². The van der Waals surface area contributed by atoms with Crippen LogP contribution in [0.2, 0.25) is 0 Å². The summed E-state index contributed by atoms with van der Waals surface area (Å²) in [6.07, 6.45) is 1.47. The van der Waals surface area contributed by atoms with Crippen molar-refractivity contribution in [2.75, 3.05) is 0 Å². The van der Waals surface area contributed by atoms with E-state index >= 15 is 0 Å². The molecule has 96 valence electrons. The van der Waals surface area contributed by atoms with E-state index in [2.05, 4.69) is 9.72 Å². The quantitative estimate of drug-likeness (QED) is 0.833. The van der Waals surface area contributed by atoms with Crippen LogP contribution in [0.4, 0.5) is 8.78 Å². The van der Waals surface area contributed by atoms with Gasteiger partial charge in [-0.25, -0.2) is 4.98 Å². The zero-order valence-corrected chi connectivity index (χ0v) is 10.1. The third kappa shape index (κ3) is 2.67. The van der Waals surface area contributed by atoms with Crippen molar-refractivity contribution in [3.8, 4) is 11.6 Å². The molecule has 1 heterocycles. The normalized spacial score (nSPS) is 11.2. The smallest absolute Gasteiger partial charge is 0.387 e. The minimum Gasteiger partial charge on any atom is -0.475 e. The average molecular weight is 253 g/mol. The first-order valence-corrected chi connectivity index (χ1v) is 5.57.